The van der Waals surface area contributed by atoms with Crippen molar-refractivity contribution >= 4 is 17.7 Å². The van der Waals surface area contributed by atoms with Gasteiger partial charge >= 0.3 is 0 Å². The van der Waals surface area contributed by atoms with Crippen molar-refractivity contribution in [1.82, 2.24) is 5.32 Å². The number of ether oxygens (including phenoxy) is 2. The Kier molecular flexibility index (Phi) is 35.2. The van der Waals surface area contributed by atoms with Crippen molar-refractivity contribution in [3.63, 3.8) is 0 Å². The fourth-order valence-corrected chi connectivity index (χ4v) is 6.68. The van der Waals surface area contributed by atoms with Crippen molar-refractivity contribution in [2.45, 2.75) is 152 Å². The molecule has 1 rings (SSSR count). The first-order chi connectivity index (χ1) is 31.3. The van der Waals surface area contributed by atoms with E-state index in [9.17, 15) is 30.3 Å². The zero-order valence-electron chi connectivity index (χ0n) is 36.4. The van der Waals surface area contributed by atoms with E-state index in [1.165, 1.54) is 63.1 Å². The minimum Gasteiger partial charge on any atom is -0.396 e. The van der Waals surface area contributed by atoms with Crippen molar-refractivity contribution in [2.75, 3.05) is 24.7 Å². The molecule has 0 bridgehead atoms. The Hall–Kier alpha value is -5.78. The summed E-state index contributed by atoms with van der Waals surface area (Å²) in [6.07, 6.45) is 9.75. The molecule has 64 heavy (non-hydrogen) atoms. The largest absolute Gasteiger partial charge is 0.396 e. The van der Waals surface area contributed by atoms with Gasteiger partial charge in [-0.2, -0.15) is 11.8 Å². The van der Waals surface area contributed by atoms with E-state index in [2.05, 4.69) is 148 Å². The molecule has 1 saturated heterocycles. The van der Waals surface area contributed by atoms with Crippen LogP contribution in [0.2, 0.25) is 0 Å². The van der Waals surface area contributed by atoms with Crippen LogP contribution in [0.4, 0.5) is 0 Å². The normalized spacial score (nSPS) is 17.5. The number of rotatable bonds is 25. The van der Waals surface area contributed by atoms with Crippen LogP contribution in [0.15, 0.2) is 0 Å². The van der Waals surface area contributed by atoms with E-state index in [0.717, 1.165) is 19.3 Å². The molecule has 11 heteroatoms. The minimum absolute atomic E-state index is 0.00634. The van der Waals surface area contributed by atoms with Crippen LogP contribution in [0, 0.1) is 143 Å². The number of carbonyl (C=O) groups is 1. The summed E-state index contributed by atoms with van der Waals surface area (Å²) in [5.74, 6) is 56.9. The van der Waals surface area contributed by atoms with Crippen LogP contribution in [0.25, 0.3) is 0 Å². The third-order valence-corrected chi connectivity index (χ3v) is 10.1. The second kappa shape index (κ2) is 40.0. The first-order valence-electron chi connectivity index (χ1n) is 21.4. The Morgan fingerprint density at radius 1 is 0.641 bits per heavy atom. The molecule has 1 heterocycles. The van der Waals surface area contributed by atoms with Gasteiger partial charge in [0.05, 0.1) is 31.3 Å². The summed E-state index contributed by atoms with van der Waals surface area (Å²) in [6.45, 7) is 1.82. The third kappa shape index (κ3) is 29.5. The summed E-state index contributed by atoms with van der Waals surface area (Å²) in [4.78, 5) is 12.9. The summed E-state index contributed by atoms with van der Waals surface area (Å²) >= 11 is 1.39. The lowest BCUT2D eigenvalue weighted by Crippen LogP contribution is -2.60. The van der Waals surface area contributed by atoms with Crippen molar-refractivity contribution in [1.29, 1.82) is 0 Å². The van der Waals surface area contributed by atoms with E-state index < -0.39 is 61.5 Å². The number of aliphatic hydroxyl groups is 6. The molecule has 0 aromatic heterocycles. The molecule has 1 aliphatic rings. The molecule has 1 aliphatic heterocycles. The number of hydrogen-bond acceptors (Lipinski definition) is 10. The van der Waals surface area contributed by atoms with Gasteiger partial charge in [0.15, 0.2) is 6.29 Å². The van der Waals surface area contributed by atoms with Gasteiger partial charge in [0, 0.05) is 47.9 Å². The Bertz CT molecular complexity index is 2190. The zero-order chi connectivity index (χ0) is 46.7. The second-order valence-electron chi connectivity index (χ2n) is 14.0. The first-order valence-corrected chi connectivity index (χ1v) is 22.5. The summed E-state index contributed by atoms with van der Waals surface area (Å²) < 4.78 is 11.6. The number of hydrogen-bond donors (Lipinski definition) is 7. The number of carbonyl (C=O) groups excluding carboxylic acids is 1. The minimum atomic E-state index is -1.63. The number of unbranched alkanes of at least 4 members (excludes halogenated alkanes) is 11. The highest BCUT2D eigenvalue weighted by Gasteiger charge is 2.44. The Labute approximate surface area is 386 Å². The highest BCUT2D eigenvalue weighted by molar-refractivity contribution is 7.99. The first kappa shape index (κ1) is 56.2. The summed E-state index contributed by atoms with van der Waals surface area (Å²) in [5, 5.41) is 65.4. The maximum Gasteiger partial charge on any atom is 0.232 e. The Morgan fingerprint density at radius 3 is 1.56 bits per heavy atom. The van der Waals surface area contributed by atoms with Crippen LogP contribution >= 0.6 is 11.8 Å². The highest BCUT2D eigenvalue weighted by Crippen LogP contribution is 2.25. The molecular formula is C53H57NO9S. The Balaban J connectivity index is 2.78. The van der Waals surface area contributed by atoms with Gasteiger partial charge in [0.25, 0.3) is 0 Å². The topological polar surface area (TPSA) is 169 Å². The highest BCUT2D eigenvalue weighted by atomic mass is 32.2. The smallest absolute Gasteiger partial charge is 0.232 e. The van der Waals surface area contributed by atoms with Gasteiger partial charge in [0.1, 0.15) is 24.4 Å². The molecule has 0 saturated carbocycles. The van der Waals surface area contributed by atoms with Gasteiger partial charge in [-0.15, -0.1) is 6.42 Å². The van der Waals surface area contributed by atoms with Gasteiger partial charge < -0.3 is 45.4 Å². The van der Waals surface area contributed by atoms with E-state index >= 15 is 0 Å². The van der Waals surface area contributed by atoms with Gasteiger partial charge in [-0.25, -0.2) is 0 Å². The van der Waals surface area contributed by atoms with Crippen molar-refractivity contribution in [2.24, 2.45) is 0 Å². The molecule has 1 fully saturated rings. The van der Waals surface area contributed by atoms with E-state index in [1.54, 1.807) is 0 Å². The molecule has 0 aromatic carbocycles. The van der Waals surface area contributed by atoms with E-state index in [4.69, 9.17) is 21.0 Å². The Morgan fingerprint density at radius 2 is 1.09 bits per heavy atom. The maximum absolute atomic E-state index is 12.9. The van der Waals surface area contributed by atoms with Gasteiger partial charge in [-0.05, 0) is 113 Å². The monoisotopic (exact) mass is 883 g/mol. The fourth-order valence-electron chi connectivity index (χ4n) is 5.67. The zero-order valence-corrected chi connectivity index (χ0v) is 37.3. The number of aliphatic hydroxyl groups excluding tert-OH is 6. The lowest BCUT2D eigenvalue weighted by Gasteiger charge is -2.41. The lowest BCUT2D eigenvalue weighted by atomic mass is 9.98. The fraction of sp³-hybridized carbons (Fsp3) is 0.528. The predicted molar refractivity (Wildman–Crippen MR) is 250 cm³/mol. The molecule has 1 amide bonds. The molecule has 0 radical (unpaired) electrons. The average Bonchev–Trinajstić information content (AvgIpc) is 3.29. The number of amides is 1. The lowest BCUT2D eigenvalue weighted by molar-refractivity contribution is -0.294. The van der Waals surface area contributed by atoms with Crippen LogP contribution in [0.5, 0.6) is 0 Å². The summed E-state index contributed by atoms with van der Waals surface area (Å²) in [5.41, 5.74) is 0. The van der Waals surface area contributed by atoms with Crippen LogP contribution < -0.4 is 5.32 Å². The molecule has 0 aromatic rings. The van der Waals surface area contributed by atoms with E-state index in [1.807, 2.05) is 0 Å². The molecule has 2 unspecified atom stereocenters. The van der Waals surface area contributed by atoms with Gasteiger partial charge in [0.2, 0.25) is 5.91 Å². The quantitative estimate of drug-likeness (QED) is 0.0534. The van der Waals surface area contributed by atoms with E-state index in [0.29, 0.717) is 25.0 Å². The van der Waals surface area contributed by atoms with Crippen LogP contribution in [-0.4, -0.2) is 110 Å². The molecule has 0 aliphatic carbocycles. The van der Waals surface area contributed by atoms with Crippen LogP contribution in [-0.2, 0) is 14.3 Å². The third-order valence-electron chi connectivity index (χ3n) is 9.00. The van der Waals surface area contributed by atoms with Gasteiger partial charge in [-0.1, -0.05) is 89.9 Å². The predicted octanol–water partition coefficient (Wildman–Crippen LogP) is 2.28. The van der Waals surface area contributed by atoms with Crippen LogP contribution in [0.1, 0.15) is 103 Å². The summed E-state index contributed by atoms with van der Waals surface area (Å²) in [7, 11) is 0. The number of thioether (sulfide) groups is 1. The molecule has 8 atom stereocenters. The molecule has 7 N–H and O–H groups in total. The average molecular weight is 884 g/mol. The summed E-state index contributed by atoms with van der Waals surface area (Å²) in [6, 6.07) is -1.14. The van der Waals surface area contributed by atoms with E-state index in [-0.39, 0.29) is 18.8 Å². The van der Waals surface area contributed by atoms with Crippen molar-refractivity contribution in [3.8, 4) is 143 Å². The van der Waals surface area contributed by atoms with Crippen molar-refractivity contribution < 1.29 is 44.9 Å². The maximum atomic E-state index is 12.9. The second-order valence-corrected chi connectivity index (χ2v) is 15.2. The van der Waals surface area contributed by atoms with Gasteiger partial charge in [-0.3, -0.25) is 4.79 Å². The standard InChI is InChI=1S/C53H57NO9S/c1-3-5-7-9-11-13-15-17-18-19-20-21-22-23-24-25-26-27-29-31-33-35-37-40-48(57)54-45(43-62-53-52(61)51(60)50(59)47(63-53)44-64-42-38-41-55)49(58)46(56)39-36-34-32-30-28-16-14-12-10-8-6-4-2/h1,45-47,49-53,55-56,58-61H,4,6,8,10,12,14,16,28,30,32,34,36,38-44H2,2H3,(H,54,57)/t45-,46+,47?,49-,50-,51-,52?,53-/m0/s1. The van der Waals surface area contributed by atoms with Crippen molar-refractivity contribution in [3.05, 3.63) is 0 Å². The molecule has 0 spiro atoms. The van der Waals surface area contributed by atoms with Crippen LogP contribution in [0.3, 0.4) is 0 Å². The molecular weight excluding hydrogens is 827 g/mol. The molecule has 334 valence electrons. The number of terminal acetylenes is 1. The molecule has 10 nitrogen and oxygen atoms in total. The number of nitrogens with one attached hydrogen (secondary N) is 1. The SMILES string of the molecule is C#CC#CC#CC#CC#CC#CC#CC#CC#CC#CC#CC#CCC(=O)N[C@@H](CO[C@H]1OC(CSCCCO)[C@H](O)[C@H](O)C1O)[C@H](O)[C@H](O)CCCCCCCCCCCCCC.